The van der Waals surface area contributed by atoms with Gasteiger partial charge in [-0.05, 0) is 17.6 Å². The van der Waals surface area contributed by atoms with Gasteiger partial charge < -0.3 is 14.8 Å². The number of carbonyl (C=O) groups is 1. The average Bonchev–Trinajstić information content (AvgIpc) is 2.27. The largest absolute Gasteiger partial charge is 0.488 e. The lowest BCUT2D eigenvalue weighted by Gasteiger charge is -2.03. The van der Waals surface area contributed by atoms with Crippen molar-refractivity contribution in [3.63, 3.8) is 0 Å². The van der Waals surface area contributed by atoms with Crippen LogP contribution in [0.3, 0.4) is 0 Å². The molecular formula is C8H7BN2O4. The maximum atomic E-state index is 11.1. The molecule has 0 atom stereocenters. The normalized spacial score (nSPS) is 9.20. The average molecular weight is 206 g/mol. The summed E-state index contributed by atoms with van der Waals surface area (Å²) in [5.74, 6) is -0.742. The molecule has 0 unspecified atom stereocenters. The van der Waals surface area contributed by atoms with E-state index in [4.69, 9.17) is 15.3 Å². The highest BCUT2D eigenvalue weighted by Crippen LogP contribution is 1.99. The number of aromatic nitrogens is 1. The van der Waals surface area contributed by atoms with E-state index in [1.165, 1.54) is 6.07 Å². The summed E-state index contributed by atoms with van der Waals surface area (Å²) >= 11 is 0. The summed E-state index contributed by atoms with van der Waals surface area (Å²) in [4.78, 5) is 14.7. The molecule has 7 heteroatoms. The van der Waals surface area contributed by atoms with Gasteiger partial charge in [0, 0.05) is 0 Å². The molecule has 0 aliphatic rings. The molecule has 0 aliphatic heterocycles. The molecule has 0 saturated heterocycles. The van der Waals surface area contributed by atoms with Crippen molar-refractivity contribution in [3.05, 3.63) is 23.5 Å². The first kappa shape index (κ1) is 11.2. The molecule has 0 aliphatic carbocycles. The predicted molar refractivity (Wildman–Crippen MR) is 50.1 cm³/mol. The second kappa shape index (κ2) is 4.55. The zero-order valence-electron chi connectivity index (χ0n) is 7.84. The minimum Gasteiger partial charge on any atom is -0.464 e. The van der Waals surface area contributed by atoms with E-state index in [9.17, 15) is 4.79 Å². The Balaban J connectivity index is 3.24. The molecule has 0 radical (unpaired) electrons. The van der Waals surface area contributed by atoms with Gasteiger partial charge in [-0.3, -0.25) is 0 Å². The zero-order valence-corrected chi connectivity index (χ0v) is 7.84. The van der Waals surface area contributed by atoms with E-state index in [1.54, 1.807) is 6.07 Å². The van der Waals surface area contributed by atoms with Crippen LogP contribution >= 0.6 is 0 Å². The fourth-order valence-corrected chi connectivity index (χ4v) is 0.967. The van der Waals surface area contributed by atoms with Gasteiger partial charge in [-0.2, -0.15) is 5.26 Å². The van der Waals surface area contributed by atoms with Gasteiger partial charge in [0.2, 0.25) is 0 Å². The Morgan fingerprint density at radius 1 is 1.60 bits per heavy atom. The quantitative estimate of drug-likeness (QED) is 0.447. The first-order valence-electron chi connectivity index (χ1n) is 3.95. The lowest BCUT2D eigenvalue weighted by atomic mass is 9.80. The van der Waals surface area contributed by atoms with Crippen LogP contribution < -0.4 is 5.46 Å². The molecule has 0 fully saturated rings. The number of nitrogens with zero attached hydrogens (tertiary/aromatic N) is 2. The van der Waals surface area contributed by atoms with Crippen molar-refractivity contribution in [1.82, 2.24) is 4.98 Å². The fourth-order valence-electron chi connectivity index (χ4n) is 0.967. The van der Waals surface area contributed by atoms with Crippen molar-refractivity contribution in [2.24, 2.45) is 0 Å². The monoisotopic (exact) mass is 206 g/mol. The molecule has 0 saturated carbocycles. The molecule has 0 spiro atoms. The number of hydrogen-bond donors (Lipinski definition) is 2. The van der Waals surface area contributed by atoms with E-state index in [1.807, 2.05) is 0 Å². The van der Waals surface area contributed by atoms with Gasteiger partial charge in [-0.1, -0.05) is 0 Å². The highest BCUT2D eigenvalue weighted by atomic mass is 16.5. The van der Waals surface area contributed by atoms with Crippen LogP contribution in [0.1, 0.15) is 16.2 Å². The number of carbonyl (C=O) groups excluding carboxylic acids is 1. The predicted octanol–water partition coefficient (Wildman–Crippen LogP) is -1.58. The van der Waals surface area contributed by atoms with Crippen LogP contribution in [0.4, 0.5) is 0 Å². The van der Waals surface area contributed by atoms with Crippen LogP contribution in [0.2, 0.25) is 0 Å². The van der Waals surface area contributed by atoms with Crippen LogP contribution in [0.15, 0.2) is 12.1 Å². The third-order valence-corrected chi connectivity index (χ3v) is 1.65. The number of hydrogen-bond acceptors (Lipinski definition) is 6. The van der Waals surface area contributed by atoms with E-state index >= 15 is 0 Å². The standard InChI is InChI=1S/C8H7BN2O4/c1-15-8(12)7-3-5(9(13)14)2-6(4-10)11-7/h2-3,13-14H,1H3. The molecule has 1 heterocycles. The van der Waals surface area contributed by atoms with Crippen LogP contribution in [0, 0.1) is 11.3 Å². The van der Waals surface area contributed by atoms with Crippen molar-refractivity contribution in [3.8, 4) is 6.07 Å². The Hall–Kier alpha value is -1.91. The molecule has 76 valence electrons. The van der Waals surface area contributed by atoms with Gasteiger partial charge >= 0.3 is 13.1 Å². The Labute approximate surface area is 85.9 Å². The zero-order chi connectivity index (χ0) is 11.4. The molecule has 0 bridgehead atoms. The summed E-state index contributed by atoms with van der Waals surface area (Å²) in [6, 6.07) is 4.03. The molecule has 0 aromatic carbocycles. The summed E-state index contributed by atoms with van der Waals surface area (Å²) in [5.41, 5.74) is -0.206. The Morgan fingerprint density at radius 2 is 2.27 bits per heavy atom. The maximum absolute atomic E-state index is 11.1. The smallest absolute Gasteiger partial charge is 0.464 e. The number of rotatable bonds is 2. The first-order valence-corrected chi connectivity index (χ1v) is 3.95. The van der Waals surface area contributed by atoms with Crippen molar-refractivity contribution in [2.75, 3.05) is 7.11 Å². The second-order valence-electron chi connectivity index (χ2n) is 2.65. The summed E-state index contributed by atoms with van der Waals surface area (Å²) < 4.78 is 4.40. The lowest BCUT2D eigenvalue weighted by molar-refractivity contribution is 0.0594. The molecule has 15 heavy (non-hydrogen) atoms. The van der Waals surface area contributed by atoms with E-state index in [2.05, 4.69) is 9.72 Å². The van der Waals surface area contributed by atoms with Crippen LogP contribution in [-0.4, -0.2) is 35.2 Å². The minimum absolute atomic E-state index is 0.0157. The van der Waals surface area contributed by atoms with Gasteiger partial charge in [0.1, 0.15) is 17.5 Å². The highest BCUT2D eigenvalue weighted by Gasteiger charge is 2.17. The third-order valence-electron chi connectivity index (χ3n) is 1.65. The summed E-state index contributed by atoms with van der Waals surface area (Å²) in [7, 11) is -0.596. The fraction of sp³-hybridized carbons (Fsp3) is 0.125. The first-order chi connectivity index (χ1) is 7.08. The van der Waals surface area contributed by atoms with E-state index in [-0.39, 0.29) is 16.9 Å². The number of methoxy groups -OCH3 is 1. The summed E-state index contributed by atoms with van der Waals surface area (Å²) in [5, 5.41) is 26.4. The maximum Gasteiger partial charge on any atom is 0.488 e. The number of ether oxygens (including phenoxy) is 1. The molecular weight excluding hydrogens is 199 g/mol. The van der Waals surface area contributed by atoms with Gasteiger partial charge in [0.05, 0.1) is 7.11 Å². The van der Waals surface area contributed by atoms with E-state index in [0.717, 1.165) is 13.2 Å². The van der Waals surface area contributed by atoms with Gasteiger partial charge in [0.15, 0.2) is 0 Å². The molecule has 1 aromatic rings. The van der Waals surface area contributed by atoms with Crippen LogP contribution in [0.5, 0.6) is 0 Å². The van der Waals surface area contributed by atoms with Crippen molar-refractivity contribution >= 4 is 18.6 Å². The Morgan fingerprint density at radius 3 is 2.73 bits per heavy atom. The van der Waals surface area contributed by atoms with Crippen molar-refractivity contribution in [1.29, 1.82) is 5.26 Å². The van der Waals surface area contributed by atoms with Gasteiger partial charge in [0.25, 0.3) is 0 Å². The number of pyridine rings is 1. The summed E-state index contributed by atoms with van der Waals surface area (Å²) in [6.45, 7) is 0. The topological polar surface area (TPSA) is 103 Å². The van der Waals surface area contributed by atoms with E-state index in [0.29, 0.717) is 0 Å². The number of nitriles is 1. The Bertz CT molecular complexity index is 427. The molecule has 2 N–H and O–H groups in total. The highest BCUT2D eigenvalue weighted by molar-refractivity contribution is 6.58. The van der Waals surface area contributed by atoms with Crippen molar-refractivity contribution < 1.29 is 19.6 Å². The van der Waals surface area contributed by atoms with Crippen molar-refractivity contribution in [2.45, 2.75) is 0 Å². The third kappa shape index (κ3) is 2.52. The SMILES string of the molecule is COC(=O)c1cc(B(O)O)cc(C#N)n1. The molecule has 1 aromatic heterocycles. The summed E-state index contributed by atoms with van der Waals surface area (Å²) in [6.07, 6.45) is 0. The van der Waals surface area contributed by atoms with E-state index < -0.39 is 13.1 Å². The number of esters is 1. The van der Waals surface area contributed by atoms with Crippen LogP contribution in [0.25, 0.3) is 0 Å². The van der Waals surface area contributed by atoms with Gasteiger partial charge in [-0.15, -0.1) is 0 Å². The minimum atomic E-state index is -1.76. The van der Waals surface area contributed by atoms with Gasteiger partial charge in [-0.25, -0.2) is 9.78 Å². The second-order valence-corrected chi connectivity index (χ2v) is 2.65. The Kier molecular flexibility index (Phi) is 3.39. The molecule has 6 nitrogen and oxygen atoms in total. The molecule has 0 amide bonds. The van der Waals surface area contributed by atoms with Crippen LogP contribution in [-0.2, 0) is 4.74 Å². The lowest BCUT2D eigenvalue weighted by Crippen LogP contribution is -2.31. The molecule has 1 rings (SSSR count).